The van der Waals surface area contributed by atoms with Gasteiger partial charge in [-0.05, 0) is 24.6 Å². The molecule has 4 heteroatoms. The Morgan fingerprint density at radius 2 is 2.25 bits per heavy atom. The van der Waals surface area contributed by atoms with Crippen LogP contribution in [0.5, 0.6) is 0 Å². The predicted molar refractivity (Wildman–Crippen MR) is 61.8 cm³/mol. The first-order chi connectivity index (χ1) is 7.58. The van der Waals surface area contributed by atoms with Crippen molar-refractivity contribution in [2.75, 3.05) is 6.61 Å². The number of ether oxygens (including phenoxy) is 1. The van der Waals surface area contributed by atoms with E-state index in [2.05, 4.69) is 15.9 Å². The number of carbonyl (C=O) groups excluding carboxylic acids is 1. The Labute approximate surface area is 102 Å². The first-order valence-corrected chi connectivity index (χ1v) is 5.96. The minimum atomic E-state index is -0.448. The third-order valence-corrected chi connectivity index (χ3v) is 3.31. The highest BCUT2D eigenvalue weighted by atomic mass is 79.9. The molecular weight excluding hydrogens is 275 g/mol. The van der Waals surface area contributed by atoms with E-state index in [9.17, 15) is 9.18 Å². The molecule has 1 unspecified atom stereocenters. The number of hydrogen-bond acceptors (Lipinski definition) is 2. The van der Waals surface area contributed by atoms with Gasteiger partial charge in [0.15, 0.2) is 0 Å². The number of aryl methyl sites for hydroxylation is 1. The lowest BCUT2D eigenvalue weighted by Crippen LogP contribution is -2.20. The molecule has 2 rings (SSSR count). The number of carbonyl (C=O) groups is 1. The van der Waals surface area contributed by atoms with Crippen LogP contribution in [0.4, 0.5) is 4.39 Å². The van der Waals surface area contributed by atoms with Crippen LogP contribution in [0.3, 0.4) is 0 Å². The van der Waals surface area contributed by atoms with Gasteiger partial charge in [-0.15, -0.1) is 0 Å². The SMILES string of the molecule is Cc1cc(F)c(C2CC(=O)CCO2)c(Br)c1. The second kappa shape index (κ2) is 4.63. The predicted octanol–water partition coefficient (Wildman–Crippen LogP) is 3.32. The highest BCUT2D eigenvalue weighted by molar-refractivity contribution is 9.10. The van der Waals surface area contributed by atoms with Gasteiger partial charge in [-0.3, -0.25) is 4.79 Å². The van der Waals surface area contributed by atoms with Crippen LogP contribution in [0.1, 0.15) is 30.1 Å². The van der Waals surface area contributed by atoms with Crippen molar-refractivity contribution in [3.05, 3.63) is 33.5 Å². The largest absolute Gasteiger partial charge is 0.372 e. The van der Waals surface area contributed by atoms with E-state index in [-0.39, 0.29) is 18.0 Å². The van der Waals surface area contributed by atoms with Crippen LogP contribution in [-0.4, -0.2) is 12.4 Å². The molecule has 1 saturated heterocycles. The van der Waals surface area contributed by atoms with Crippen molar-refractivity contribution in [3.8, 4) is 0 Å². The summed E-state index contributed by atoms with van der Waals surface area (Å²) in [6.07, 6.45) is 0.247. The van der Waals surface area contributed by atoms with Gasteiger partial charge in [0.2, 0.25) is 0 Å². The molecule has 1 aromatic carbocycles. The molecule has 2 nitrogen and oxygen atoms in total. The molecule has 1 atom stereocenters. The lowest BCUT2D eigenvalue weighted by atomic mass is 9.99. The quantitative estimate of drug-likeness (QED) is 0.792. The molecule has 1 aliphatic rings. The lowest BCUT2D eigenvalue weighted by Gasteiger charge is -2.23. The maximum absolute atomic E-state index is 13.8. The van der Waals surface area contributed by atoms with Crippen LogP contribution >= 0.6 is 15.9 Å². The van der Waals surface area contributed by atoms with E-state index in [0.717, 1.165) is 5.56 Å². The zero-order valence-electron chi connectivity index (χ0n) is 8.93. The Morgan fingerprint density at radius 3 is 2.88 bits per heavy atom. The number of benzene rings is 1. The Hall–Kier alpha value is -0.740. The summed E-state index contributed by atoms with van der Waals surface area (Å²) in [5.74, 6) is -0.185. The summed E-state index contributed by atoms with van der Waals surface area (Å²) in [6.45, 7) is 2.20. The molecule has 16 heavy (non-hydrogen) atoms. The fourth-order valence-corrected chi connectivity index (χ4v) is 2.69. The van der Waals surface area contributed by atoms with E-state index in [0.29, 0.717) is 23.1 Å². The Kier molecular flexibility index (Phi) is 3.40. The van der Waals surface area contributed by atoms with Gasteiger partial charge >= 0.3 is 0 Å². The van der Waals surface area contributed by atoms with Gasteiger partial charge in [0.1, 0.15) is 11.6 Å². The molecule has 0 amide bonds. The topological polar surface area (TPSA) is 26.3 Å². The zero-order valence-corrected chi connectivity index (χ0v) is 10.5. The highest BCUT2D eigenvalue weighted by Crippen LogP contribution is 2.34. The molecule has 0 saturated carbocycles. The Balaban J connectivity index is 2.35. The van der Waals surface area contributed by atoms with Gasteiger partial charge in [0.25, 0.3) is 0 Å². The fourth-order valence-electron chi connectivity index (χ4n) is 1.89. The Morgan fingerprint density at radius 1 is 1.50 bits per heavy atom. The van der Waals surface area contributed by atoms with Crippen molar-refractivity contribution < 1.29 is 13.9 Å². The average Bonchev–Trinajstić information content (AvgIpc) is 2.15. The van der Waals surface area contributed by atoms with Crippen molar-refractivity contribution in [1.29, 1.82) is 0 Å². The molecule has 86 valence electrons. The molecular formula is C12H12BrFO2. The molecule has 1 fully saturated rings. The monoisotopic (exact) mass is 286 g/mol. The van der Waals surface area contributed by atoms with E-state index in [1.807, 2.05) is 13.0 Å². The van der Waals surface area contributed by atoms with Gasteiger partial charge in [0.05, 0.1) is 12.7 Å². The van der Waals surface area contributed by atoms with E-state index in [1.165, 1.54) is 6.07 Å². The van der Waals surface area contributed by atoms with Crippen molar-refractivity contribution in [3.63, 3.8) is 0 Å². The Bertz CT molecular complexity index is 408. The second-order valence-electron chi connectivity index (χ2n) is 3.99. The van der Waals surface area contributed by atoms with Crippen molar-refractivity contribution in [1.82, 2.24) is 0 Å². The van der Waals surface area contributed by atoms with E-state index >= 15 is 0 Å². The molecule has 0 radical (unpaired) electrons. The molecule has 1 aliphatic heterocycles. The number of hydrogen-bond donors (Lipinski definition) is 0. The average molecular weight is 287 g/mol. The number of rotatable bonds is 1. The van der Waals surface area contributed by atoms with Crippen LogP contribution in [0.15, 0.2) is 16.6 Å². The summed E-state index contributed by atoms with van der Waals surface area (Å²) < 4.78 is 19.9. The summed E-state index contributed by atoms with van der Waals surface area (Å²) in [4.78, 5) is 11.3. The molecule has 1 aromatic rings. The van der Waals surface area contributed by atoms with Gasteiger partial charge in [-0.2, -0.15) is 0 Å². The summed E-state index contributed by atoms with van der Waals surface area (Å²) >= 11 is 3.32. The molecule has 0 N–H and O–H groups in total. The molecule has 1 heterocycles. The molecule has 0 spiro atoms. The summed E-state index contributed by atoms with van der Waals surface area (Å²) in [5, 5.41) is 0. The normalized spacial score (nSPS) is 21.2. The standard InChI is InChI=1S/C12H12BrFO2/c1-7-4-9(13)12(10(14)5-7)11-6-8(15)2-3-16-11/h4-5,11H,2-3,6H2,1H3. The van der Waals surface area contributed by atoms with Gasteiger partial charge in [-0.25, -0.2) is 4.39 Å². The van der Waals surface area contributed by atoms with Crippen molar-refractivity contribution in [2.24, 2.45) is 0 Å². The van der Waals surface area contributed by atoms with E-state index < -0.39 is 6.10 Å². The minimum absolute atomic E-state index is 0.128. The highest BCUT2D eigenvalue weighted by Gasteiger charge is 2.26. The van der Waals surface area contributed by atoms with Crippen LogP contribution in [0, 0.1) is 12.7 Å². The van der Waals surface area contributed by atoms with Crippen LogP contribution in [-0.2, 0) is 9.53 Å². The molecule has 0 aliphatic carbocycles. The molecule has 0 aromatic heterocycles. The summed E-state index contributed by atoms with van der Waals surface area (Å²) in [7, 11) is 0. The summed E-state index contributed by atoms with van der Waals surface area (Å²) in [6, 6.07) is 3.30. The van der Waals surface area contributed by atoms with Crippen LogP contribution in [0.25, 0.3) is 0 Å². The number of halogens is 2. The first kappa shape index (κ1) is 11.7. The number of ketones is 1. The van der Waals surface area contributed by atoms with Crippen LogP contribution in [0.2, 0.25) is 0 Å². The van der Waals surface area contributed by atoms with Crippen molar-refractivity contribution >= 4 is 21.7 Å². The fraction of sp³-hybridized carbons (Fsp3) is 0.417. The van der Waals surface area contributed by atoms with Crippen molar-refractivity contribution in [2.45, 2.75) is 25.9 Å². The lowest BCUT2D eigenvalue weighted by molar-refractivity contribution is -0.128. The van der Waals surface area contributed by atoms with Gasteiger partial charge in [0, 0.05) is 22.9 Å². The second-order valence-corrected chi connectivity index (χ2v) is 4.85. The van der Waals surface area contributed by atoms with Crippen LogP contribution < -0.4 is 0 Å². The number of Topliss-reactive ketones (excluding diaryl/α,β-unsaturated/α-hetero) is 1. The molecule has 0 bridgehead atoms. The third-order valence-electron chi connectivity index (χ3n) is 2.66. The van der Waals surface area contributed by atoms with Gasteiger partial charge in [-0.1, -0.05) is 15.9 Å². The zero-order chi connectivity index (χ0) is 11.7. The third kappa shape index (κ3) is 2.33. The first-order valence-electron chi connectivity index (χ1n) is 5.17. The van der Waals surface area contributed by atoms with E-state index in [1.54, 1.807) is 0 Å². The maximum Gasteiger partial charge on any atom is 0.138 e. The maximum atomic E-state index is 13.8. The van der Waals surface area contributed by atoms with Gasteiger partial charge < -0.3 is 4.74 Å². The summed E-state index contributed by atoms with van der Waals surface area (Å²) in [5.41, 5.74) is 1.30. The van der Waals surface area contributed by atoms with E-state index in [4.69, 9.17) is 4.74 Å². The minimum Gasteiger partial charge on any atom is -0.372 e. The smallest absolute Gasteiger partial charge is 0.138 e.